The van der Waals surface area contributed by atoms with E-state index < -0.39 is 0 Å². The van der Waals surface area contributed by atoms with Gasteiger partial charge < -0.3 is 15.5 Å². The number of nitrogens with two attached hydrogens (primary N) is 1. The largest absolute Gasteiger partial charge is 0.342 e. The number of piperazine rings is 1. The number of hydrogen-bond acceptors (Lipinski definition) is 4. The highest BCUT2D eigenvalue weighted by Crippen LogP contribution is 2.05. The van der Waals surface area contributed by atoms with Crippen molar-refractivity contribution in [2.24, 2.45) is 5.73 Å². The minimum Gasteiger partial charge on any atom is -0.342 e. The van der Waals surface area contributed by atoms with Crippen LogP contribution in [0.5, 0.6) is 0 Å². The van der Waals surface area contributed by atoms with Gasteiger partial charge in [-0.2, -0.15) is 0 Å². The van der Waals surface area contributed by atoms with Gasteiger partial charge in [-0.1, -0.05) is 0 Å². The van der Waals surface area contributed by atoms with Crippen molar-refractivity contribution in [3.05, 3.63) is 0 Å². The van der Waals surface area contributed by atoms with Gasteiger partial charge in [0.25, 0.3) is 0 Å². The lowest BCUT2D eigenvalue weighted by molar-refractivity contribution is -0.135. The molecule has 1 atom stereocenters. The zero-order valence-corrected chi connectivity index (χ0v) is 15.4. The Morgan fingerprint density at radius 2 is 1.59 bits per heavy atom. The summed E-state index contributed by atoms with van der Waals surface area (Å²) in [7, 11) is 0. The fourth-order valence-electron chi connectivity index (χ4n) is 2.43. The van der Waals surface area contributed by atoms with Crippen molar-refractivity contribution in [1.82, 2.24) is 14.7 Å². The first-order valence-electron chi connectivity index (χ1n) is 7.51. The molecule has 2 amide bonds. The average molecular weight is 357 g/mol. The Hall–Kier alpha value is -0.560. The number of carbonyl (C=O) groups excluding carboxylic acids is 2. The van der Waals surface area contributed by atoms with E-state index in [2.05, 4.69) is 4.90 Å². The van der Waals surface area contributed by atoms with Crippen LogP contribution < -0.4 is 5.73 Å². The van der Waals surface area contributed by atoms with Gasteiger partial charge in [0.1, 0.15) is 0 Å². The third-order valence-corrected chi connectivity index (χ3v) is 3.70. The van der Waals surface area contributed by atoms with Crippen LogP contribution in [0.4, 0.5) is 0 Å². The SMILES string of the molecule is CCN(CC)C(=O)CN1CCN(C(=O)CC(C)N)CC1.Cl.Cl. The Balaban J connectivity index is 0. The van der Waals surface area contributed by atoms with Crippen molar-refractivity contribution < 1.29 is 9.59 Å². The molecule has 0 saturated carbocycles. The first-order chi connectivity index (χ1) is 9.47. The smallest absolute Gasteiger partial charge is 0.236 e. The molecule has 1 saturated heterocycles. The summed E-state index contributed by atoms with van der Waals surface area (Å²) < 4.78 is 0. The summed E-state index contributed by atoms with van der Waals surface area (Å²) in [5.74, 6) is 0.292. The first kappa shape index (κ1) is 23.7. The van der Waals surface area contributed by atoms with Gasteiger partial charge in [0.15, 0.2) is 0 Å². The van der Waals surface area contributed by atoms with Gasteiger partial charge in [-0.05, 0) is 20.8 Å². The second-order valence-corrected chi connectivity index (χ2v) is 5.40. The molecule has 1 rings (SSSR count). The third kappa shape index (κ3) is 7.63. The lowest BCUT2D eigenvalue weighted by Gasteiger charge is -2.35. The highest BCUT2D eigenvalue weighted by Gasteiger charge is 2.23. The Kier molecular flexibility index (Phi) is 12.9. The Bertz CT molecular complexity index is 331. The second-order valence-electron chi connectivity index (χ2n) is 5.40. The standard InChI is InChI=1S/C14H28N4O2.2ClH/c1-4-17(5-2)14(20)11-16-6-8-18(9-7-16)13(19)10-12(3)15;;/h12H,4-11,15H2,1-3H3;2*1H. The van der Waals surface area contributed by atoms with Crippen LogP contribution in [0.2, 0.25) is 0 Å². The molecule has 0 radical (unpaired) electrons. The number of nitrogens with zero attached hydrogens (tertiary/aromatic N) is 3. The van der Waals surface area contributed by atoms with E-state index in [9.17, 15) is 9.59 Å². The summed E-state index contributed by atoms with van der Waals surface area (Å²) in [6.07, 6.45) is 0.401. The maximum absolute atomic E-state index is 12.0. The molecule has 1 heterocycles. The second kappa shape index (κ2) is 11.9. The molecule has 1 fully saturated rings. The molecule has 0 bridgehead atoms. The predicted molar refractivity (Wildman–Crippen MR) is 93.7 cm³/mol. The number of hydrogen-bond donors (Lipinski definition) is 1. The topological polar surface area (TPSA) is 69.9 Å². The summed E-state index contributed by atoms with van der Waals surface area (Å²) in [5, 5.41) is 0. The number of carbonyl (C=O) groups is 2. The Labute approximate surface area is 146 Å². The molecule has 8 heteroatoms. The number of likely N-dealkylation sites (N-methyl/N-ethyl adjacent to an activating group) is 1. The predicted octanol–water partition coefficient (Wildman–Crippen LogP) is 0.580. The molecule has 6 nitrogen and oxygen atoms in total. The van der Waals surface area contributed by atoms with Crippen molar-refractivity contribution >= 4 is 36.6 Å². The van der Waals surface area contributed by atoms with Crippen molar-refractivity contribution in [2.45, 2.75) is 33.2 Å². The zero-order valence-electron chi connectivity index (χ0n) is 13.8. The van der Waals surface area contributed by atoms with E-state index in [0.717, 1.165) is 26.2 Å². The minimum atomic E-state index is -0.0928. The van der Waals surface area contributed by atoms with Gasteiger partial charge in [-0.25, -0.2) is 0 Å². The number of rotatable bonds is 6. The maximum Gasteiger partial charge on any atom is 0.236 e. The number of halogens is 2. The molecule has 0 aromatic heterocycles. The zero-order chi connectivity index (χ0) is 15.1. The van der Waals surface area contributed by atoms with Crippen molar-refractivity contribution in [3.63, 3.8) is 0 Å². The van der Waals surface area contributed by atoms with Crippen LogP contribution in [-0.2, 0) is 9.59 Å². The van der Waals surface area contributed by atoms with Gasteiger partial charge in [-0.3, -0.25) is 14.5 Å². The highest BCUT2D eigenvalue weighted by atomic mass is 35.5. The van der Waals surface area contributed by atoms with Gasteiger partial charge in [0.05, 0.1) is 6.54 Å². The normalized spacial score (nSPS) is 16.3. The van der Waals surface area contributed by atoms with E-state index in [0.29, 0.717) is 26.1 Å². The summed E-state index contributed by atoms with van der Waals surface area (Å²) in [5.41, 5.74) is 5.65. The monoisotopic (exact) mass is 356 g/mol. The fourth-order valence-corrected chi connectivity index (χ4v) is 2.43. The summed E-state index contributed by atoms with van der Waals surface area (Å²) in [6, 6.07) is -0.0928. The van der Waals surface area contributed by atoms with E-state index in [-0.39, 0.29) is 42.7 Å². The van der Waals surface area contributed by atoms with Crippen LogP contribution >= 0.6 is 24.8 Å². The Morgan fingerprint density at radius 3 is 2.00 bits per heavy atom. The minimum absolute atomic E-state index is 0. The van der Waals surface area contributed by atoms with E-state index in [1.54, 1.807) is 0 Å². The molecular weight excluding hydrogens is 327 g/mol. The van der Waals surface area contributed by atoms with Gasteiger partial charge in [0, 0.05) is 51.7 Å². The number of amides is 2. The Morgan fingerprint density at radius 1 is 1.09 bits per heavy atom. The highest BCUT2D eigenvalue weighted by molar-refractivity contribution is 5.85. The van der Waals surface area contributed by atoms with Crippen molar-refractivity contribution in [3.8, 4) is 0 Å². The van der Waals surface area contributed by atoms with Crippen molar-refractivity contribution in [1.29, 1.82) is 0 Å². The molecule has 2 N–H and O–H groups in total. The molecule has 132 valence electrons. The van der Waals surface area contributed by atoms with Crippen LogP contribution in [0.3, 0.4) is 0 Å². The van der Waals surface area contributed by atoms with Gasteiger partial charge in [-0.15, -0.1) is 24.8 Å². The quantitative estimate of drug-likeness (QED) is 0.755. The van der Waals surface area contributed by atoms with E-state index in [1.165, 1.54) is 0 Å². The maximum atomic E-state index is 12.0. The third-order valence-electron chi connectivity index (χ3n) is 3.70. The molecule has 1 aliphatic rings. The van der Waals surface area contributed by atoms with Crippen LogP contribution in [-0.4, -0.2) is 78.4 Å². The van der Waals surface area contributed by atoms with Crippen molar-refractivity contribution in [2.75, 3.05) is 45.8 Å². The molecule has 1 unspecified atom stereocenters. The van der Waals surface area contributed by atoms with Gasteiger partial charge in [0.2, 0.25) is 11.8 Å². The summed E-state index contributed by atoms with van der Waals surface area (Å²) >= 11 is 0. The lowest BCUT2D eigenvalue weighted by atomic mass is 10.2. The summed E-state index contributed by atoms with van der Waals surface area (Å²) in [6.45, 7) is 10.7. The summed E-state index contributed by atoms with van der Waals surface area (Å²) in [4.78, 5) is 29.7. The van der Waals surface area contributed by atoms with Crippen LogP contribution in [0.25, 0.3) is 0 Å². The lowest BCUT2D eigenvalue weighted by Crippen LogP contribution is -2.52. The molecule has 0 aliphatic carbocycles. The molecule has 0 aromatic carbocycles. The van der Waals surface area contributed by atoms with E-state index in [4.69, 9.17) is 5.73 Å². The molecule has 0 spiro atoms. The van der Waals surface area contributed by atoms with Crippen LogP contribution in [0, 0.1) is 0 Å². The molecule has 1 aliphatic heterocycles. The van der Waals surface area contributed by atoms with Gasteiger partial charge >= 0.3 is 0 Å². The van der Waals surface area contributed by atoms with Crippen LogP contribution in [0.15, 0.2) is 0 Å². The van der Waals surface area contributed by atoms with E-state index in [1.807, 2.05) is 30.6 Å². The molecule has 0 aromatic rings. The fraction of sp³-hybridized carbons (Fsp3) is 0.857. The average Bonchev–Trinajstić information content (AvgIpc) is 2.40. The van der Waals surface area contributed by atoms with E-state index >= 15 is 0 Å². The molecule has 22 heavy (non-hydrogen) atoms. The first-order valence-corrected chi connectivity index (χ1v) is 7.51. The molecular formula is C14H30Cl2N4O2. The van der Waals surface area contributed by atoms with Crippen LogP contribution in [0.1, 0.15) is 27.2 Å².